The zero-order valence-corrected chi connectivity index (χ0v) is 6.77. The van der Waals surface area contributed by atoms with Crippen molar-refractivity contribution in [2.24, 2.45) is 5.92 Å². The SMILES string of the molecule is C=C1NC(=O)C=C(C(C)C)N1. The molecule has 0 fully saturated rings. The van der Waals surface area contributed by atoms with Crippen molar-refractivity contribution in [1.29, 1.82) is 0 Å². The van der Waals surface area contributed by atoms with Crippen LogP contribution in [0.4, 0.5) is 0 Å². The highest BCUT2D eigenvalue weighted by molar-refractivity contribution is 5.90. The fourth-order valence-corrected chi connectivity index (χ4v) is 0.879. The van der Waals surface area contributed by atoms with E-state index in [1.165, 1.54) is 0 Å². The smallest absolute Gasteiger partial charge is 0.251 e. The minimum atomic E-state index is -0.0996. The van der Waals surface area contributed by atoms with E-state index >= 15 is 0 Å². The lowest BCUT2D eigenvalue weighted by atomic mass is 10.1. The summed E-state index contributed by atoms with van der Waals surface area (Å²) >= 11 is 0. The Morgan fingerprint density at radius 2 is 2.09 bits per heavy atom. The number of carbonyl (C=O) groups is 1. The summed E-state index contributed by atoms with van der Waals surface area (Å²) in [5.74, 6) is 0.788. The molecule has 3 heteroatoms. The van der Waals surface area contributed by atoms with E-state index in [0.717, 1.165) is 5.70 Å². The van der Waals surface area contributed by atoms with Gasteiger partial charge in [-0.25, -0.2) is 0 Å². The first-order chi connectivity index (χ1) is 5.09. The van der Waals surface area contributed by atoms with Crippen molar-refractivity contribution in [1.82, 2.24) is 10.6 Å². The number of hydrogen-bond donors (Lipinski definition) is 2. The number of rotatable bonds is 1. The first-order valence-corrected chi connectivity index (χ1v) is 3.58. The second kappa shape index (κ2) is 2.78. The van der Waals surface area contributed by atoms with Crippen molar-refractivity contribution in [3.05, 3.63) is 24.2 Å². The number of carbonyl (C=O) groups excluding carboxylic acids is 1. The van der Waals surface area contributed by atoms with E-state index in [-0.39, 0.29) is 5.91 Å². The lowest BCUT2D eigenvalue weighted by molar-refractivity contribution is -0.116. The van der Waals surface area contributed by atoms with Crippen LogP contribution in [0.5, 0.6) is 0 Å². The van der Waals surface area contributed by atoms with Gasteiger partial charge in [-0.15, -0.1) is 0 Å². The van der Waals surface area contributed by atoms with Crippen molar-refractivity contribution in [2.45, 2.75) is 13.8 Å². The van der Waals surface area contributed by atoms with Crippen molar-refractivity contribution < 1.29 is 4.79 Å². The molecule has 0 aromatic heterocycles. The fraction of sp³-hybridized carbons (Fsp3) is 0.375. The lowest BCUT2D eigenvalue weighted by Gasteiger charge is -2.20. The van der Waals surface area contributed by atoms with Gasteiger partial charge in [0.2, 0.25) is 0 Å². The summed E-state index contributed by atoms with van der Waals surface area (Å²) in [5.41, 5.74) is 0.916. The number of hydrogen-bond acceptors (Lipinski definition) is 2. The van der Waals surface area contributed by atoms with Crippen molar-refractivity contribution in [3.8, 4) is 0 Å². The third-order valence-corrected chi connectivity index (χ3v) is 1.48. The Morgan fingerprint density at radius 1 is 1.45 bits per heavy atom. The molecule has 11 heavy (non-hydrogen) atoms. The summed E-state index contributed by atoms with van der Waals surface area (Å²) in [6, 6.07) is 0. The van der Waals surface area contributed by atoms with Gasteiger partial charge in [0.15, 0.2) is 0 Å². The monoisotopic (exact) mass is 152 g/mol. The Balaban J connectivity index is 2.80. The molecule has 1 aliphatic heterocycles. The van der Waals surface area contributed by atoms with E-state index in [2.05, 4.69) is 17.2 Å². The molecule has 3 nitrogen and oxygen atoms in total. The molecule has 1 rings (SSSR count). The molecular weight excluding hydrogens is 140 g/mol. The van der Waals surface area contributed by atoms with Crippen molar-refractivity contribution in [2.75, 3.05) is 0 Å². The molecule has 60 valence electrons. The number of amides is 1. The molecule has 2 N–H and O–H groups in total. The summed E-state index contributed by atoms with van der Waals surface area (Å²) in [7, 11) is 0. The van der Waals surface area contributed by atoms with E-state index in [0.29, 0.717) is 11.7 Å². The second-order valence-electron chi connectivity index (χ2n) is 2.85. The topological polar surface area (TPSA) is 41.1 Å². The fourth-order valence-electron chi connectivity index (χ4n) is 0.879. The average Bonchev–Trinajstić information content (AvgIpc) is 1.85. The third-order valence-electron chi connectivity index (χ3n) is 1.48. The van der Waals surface area contributed by atoms with E-state index in [1.54, 1.807) is 6.08 Å². The standard InChI is InChI=1S/C8H12N2O/c1-5(2)7-4-8(11)10-6(3)9-7/h4-5,9H,3H2,1-2H3,(H,10,11). The van der Waals surface area contributed by atoms with Crippen molar-refractivity contribution in [3.63, 3.8) is 0 Å². The van der Waals surface area contributed by atoms with Gasteiger partial charge in [0.1, 0.15) is 5.82 Å². The van der Waals surface area contributed by atoms with Crippen LogP contribution in [-0.4, -0.2) is 5.91 Å². The molecule has 0 aromatic carbocycles. The summed E-state index contributed by atoms with van der Waals surface area (Å²) in [5, 5.41) is 5.52. The van der Waals surface area contributed by atoms with Gasteiger partial charge in [-0.3, -0.25) is 4.79 Å². The predicted molar refractivity (Wildman–Crippen MR) is 43.3 cm³/mol. The second-order valence-corrected chi connectivity index (χ2v) is 2.85. The van der Waals surface area contributed by atoms with E-state index in [4.69, 9.17) is 0 Å². The lowest BCUT2D eigenvalue weighted by Crippen LogP contribution is -2.36. The maximum absolute atomic E-state index is 10.9. The first-order valence-electron chi connectivity index (χ1n) is 3.58. The average molecular weight is 152 g/mol. The van der Waals surface area contributed by atoms with Crippen LogP contribution in [0.2, 0.25) is 0 Å². The Morgan fingerprint density at radius 3 is 2.55 bits per heavy atom. The zero-order valence-electron chi connectivity index (χ0n) is 6.77. The summed E-state index contributed by atoms with van der Waals surface area (Å²) in [4.78, 5) is 10.9. The molecule has 0 unspecified atom stereocenters. The van der Waals surface area contributed by atoms with E-state index < -0.39 is 0 Å². The Labute approximate surface area is 66.2 Å². The van der Waals surface area contributed by atoms with Gasteiger partial charge in [0, 0.05) is 11.8 Å². The minimum Gasteiger partial charge on any atom is -0.345 e. The van der Waals surface area contributed by atoms with Crippen LogP contribution in [0.15, 0.2) is 24.2 Å². The highest BCUT2D eigenvalue weighted by atomic mass is 16.1. The molecule has 0 bridgehead atoms. The van der Waals surface area contributed by atoms with Gasteiger partial charge in [-0.1, -0.05) is 20.4 Å². The van der Waals surface area contributed by atoms with E-state index in [1.807, 2.05) is 13.8 Å². The summed E-state index contributed by atoms with van der Waals surface area (Å²) in [6.45, 7) is 7.65. The van der Waals surface area contributed by atoms with Crippen molar-refractivity contribution >= 4 is 5.91 Å². The van der Waals surface area contributed by atoms with Gasteiger partial charge in [-0.2, -0.15) is 0 Å². The van der Waals surface area contributed by atoms with Gasteiger partial charge in [0.25, 0.3) is 5.91 Å². The normalized spacial score (nSPS) is 17.5. The number of nitrogens with one attached hydrogen (secondary N) is 2. The molecule has 0 aromatic rings. The van der Waals surface area contributed by atoms with Crippen LogP contribution in [0, 0.1) is 5.92 Å². The maximum atomic E-state index is 10.9. The van der Waals surface area contributed by atoms with Gasteiger partial charge < -0.3 is 10.6 Å². The molecule has 0 saturated carbocycles. The Bertz CT molecular complexity index is 228. The zero-order chi connectivity index (χ0) is 8.43. The quantitative estimate of drug-likeness (QED) is 0.581. The van der Waals surface area contributed by atoms with Gasteiger partial charge in [-0.05, 0) is 5.92 Å². The largest absolute Gasteiger partial charge is 0.345 e. The highest BCUT2D eigenvalue weighted by Crippen LogP contribution is 2.09. The molecule has 0 spiro atoms. The first kappa shape index (κ1) is 7.85. The van der Waals surface area contributed by atoms with E-state index in [9.17, 15) is 4.79 Å². The molecule has 0 atom stereocenters. The van der Waals surface area contributed by atoms with Crippen LogP contribution in [0.25, 0.3) is 0 Å². The molecule has 0 saturated heterocycles. The molecule has 0 radical (unpaired) electrons. The predicted octanol–water partition coefficient (Wildman–Crippen LogP) is 0.717. The summed E-state index contributed by atoms with van der Waals surface area (Å²) in [6.07, 6.45) is 1.55. The molecule has 1 amide bonds. The molecule has 1 aliphatic rings. The summed E-state index contributed by atoms with van der Waals surface area (Å²) < 4.78 is 0. The van der Waals surface area contributed by atoms with Crippen LogP contribution in [0.3, 0.4) is 0 Å². The van der Waals surface area contributed by atoms with Gasteiger partial charge >= 0.3 is 0 Å². The van der Waals surface area contributed by atoms with Crippen LogP contribution in [0.1, 0.15) is 13.8 Å². The van der Waals surface area contributed by atoms with Crippen LogP contribution >= 0.6 is 0 Å². The highest BCUT2D eigenvalue weighted by Gasteiger charge is 2.12. The van der Waals surface area contributed by atoms with Crippen LogP contribution in [-0.2, 0) is 4.79 Å². The van der Waals surface area contributed by atoms with Gasteiger partial charge in [0.05, 0.1) is 0 Å². The third kappa shape index (κ3) is 1.83. The van der Waals surface area contributed by atoms with Crippen LogP contribution < -0.4 is 10.6 Å². The minimum absolute atomic E-state index is 0.0996. The number of allylic oxidation sites excluding steroid dienone is 1. The molecule has 1 heterocycles. The Hall–Kier alpha value is -1.25. The molecular formula is C8H12N2O. The molecule has 0 aliphatic carbocycles. The maximum Gasteiger partial charge on any atom is 0.251 e. The Kier molecular flexibility index (Phi) is 1.98.